The molecule has 0 rings (SSSR count). The van der Waals surface area contributed by atoms with E-state index < -0.39 is 0 Å². The molecule has 19 heavy (non-hydrogen) atoms. The van der Waals surface area contributed by atoms with Gasteiger partial charge < -0.3 is 5.32 Å². The van der Waals surface area contributed by atoms with E-state index in [1.807, 2.05) is 6.08 Å². The van der Waals surface area contributed by atoms with Gasteiger partial charge in [0.2, 0.25) is 0 Å². The molecule has 1 N–H and O–H groups in total. The van der Waals surface area contributed by atoms with E-state index in [-0.39, 0.29) is 5.83 Å². The molecule has 0 fully saturated rings. The van der Waals surface area contributed by atoms with E-state index in [9.17, 15) is 4.39 Å². The van der Waals surface area contributed by atoms with Gasteiger partial charge in [0.05, 0.1) is 0 Å². The number of likely N-dealkylation sites (N-methyl/N-ethyl adjacent to an activating group) is 1. The molecule has 0 aromatic carbocycles. The lowest BCUT2D eigenvalue weighted by atomic mass is 9.98. The summed E-state index contributed by atoms with van der Waals surface area (Å²) in [5.41, 5.74) is 1.83. The third-order valence-electron chi connectivity index (χ3n) is 2.38. The molecule has 0 saturated carbocycles. The van der Waals surface area contributed by atoms with Gasteiger partial charge in [-0.15, -0.1) is 12.3 Å². The van der Waals surface area contributed by atoms with E-state index in [0.717, 1.165) is 5.57 Å². The third kappa shape index (κ3) is 5.98. The van der Waals surface area contributed by atoms with Crippen LogP contribution in [0.25, 0.3) is 0 Å². The second kappa shape index (κ2) is 10.0. The van der Waals surface area contributed by atoms with Crippen molar-refractivity contribution >= 4 is 6.21 Å². The van der Waals surface area contributed by atoms with E-state index in [0.29, 0.717) is 24.1 Å². The molecule has 0 aliphatic carbocycles. The van der Waals surface area contributed by atoms with Gasteiger partial charge >= 0.3 is 0 Å². The predicted molar refractivity (Wildman–Crippen MR) is 82.0 cm³/mol. The quantitative estimate of drug-likeness (QED) is 0.424. The van der Waals surface area contributed by atoms with Crippen molar-refractivity contribution in [1.29, 1.82) is 0 Å². The minimum atomic E-state index is -0.307. The zero-order valence-electron chi connectivity index (χ0n) is 11.8. The van der Waals surface area contributed by atoms with Crippen LogP contribution in [0.4, 0.5) is 4.39 Å². The molecule has 0 radical (unpaired) electrons. The Labute approximate surface area is 115 Å². The van der Waals surface area contributed by atoms with Crippen molar-refractivity contribution in [2.24, 2.45) is 4.99 Å². The van der Waals surface area contributed by atoms with Crippen LogP contribution in [0.15, 0.2) is 52.3 Å². The molecule has 0 unspecified atom stereocenters. The first-order valence-electron chi connectivity index (χ1n) is 6.03. The van der Waals surface area contributed by atoms with Gasteiger partial charge in [-0.3, -0.25) is 4.99 Å². The van der Waals surface area contributed by atoms with Crippen molar-refractivity contribution in [2.45, 2.75) is 13.3 Å². The van der Waals surface area contributed by atoms with Gasteiger partial charge in [0.1, 0.15) is 5.83 Å². The molecule has 0 heterocycles. The molecule has 0 saturated heterocycles. The lowest BCUT2D eigenvalue weighted by Gasteiger charge is -2.12. The second-order valence-electron chi connectivity index (χ2n) is 3.79. The van der Waals surface area contributed by atoms with E-state index in [1.54, 1.807) is 33.3 Å². The van der Waals surface area contributed by atoms with Crippen LogP contribution in [-0.2, 0) is 0 Å². The molecule has 3 heteroatoms. The number of hydrogen-bond acceptors (Lipinski definition) is 2. The van der Waals surface area contributed by atoms with Gasteiger partial charge in [0, 0.05) is 31.8 Å². The molecule has 0 aromatic rings. The standard InChI is InChI=1S/C16H21FN2/c1-6-8-10-14(11-18-4)13(3)15(12-19-5)16(17)9-7-2/h1,7,9-11,19H,3,8,12H2,2,4-5H3/b9-7-,14-10+,16-15+,18-11?. The molecular weight excluding hydrogens is 239 g/mol. The molecular formula is C16H21FN2. The Morgan fingerprint density at radius 2 is 2.21 bits per heavy atom. The molecule has 0 aliphatic heterocycles. The summed E-state index contributed by atoms with van der Waals surface area (Å²) < 4.78 is 14.0. The minimum absolute atomic E-state index is 0.307. The third-order valence-corrected chi connectivity index (χ3v) is 2.38. The minimum Gasteiger partial charge on any atom is -0.316 e. The van der Waals surface area contributed by atoms with Crippen molar-refractivity contribution in [3.8, 4) is 12.3 Å². The molecule has 102 valence electrons. The van der Waals surface area contributed by atoms with E-state index in [2.05, 4.69) is 22.8 Å². The van der Waals surface area contributed by atoms with Gasteiger partial charge in [0.25, 0.3) is 0 Å². The van der Waals surface area contributed by atoms with Crippen LogP contribution in [0.3, 0.4) is 0 Å². The summed E-state index contributed by atoms with van der Waals surface area (Å²) in [7, 11) is 3.41. The second-order valence-corrected chi connectivity index (χ2v) is 3.79. The normalized spacial score (nSPS) is 13.7. The van der Waals surface area contributed by atoms with Crippen LogP contribution in [0.1, 0.15) is 13.3 Å². The Kier molecular flexibility index (Phi) is 9.03. The first-order chi connectivity index (χ1) is 9.12. The summed E-state index contributed by atoms with van der Waals surface area (Å²) in [5, 5.41) is 2.94. The fourth-order valence-corrected chi connectivity index (χ4v) is 1.49. The number of halogens is 1. The summed E-state index contributed by atoms with van der Waals surface area (Å²) in [6.45, 7) is 6.10. The number of allylic oxidation sites excluding steroid dienone is 5. The fourth-order valence-electron chi connectivity index (χ4n) is 1.49. The van der Waals surface area contributed by atoms with Gasteiger partial charge in [0.15, 0.2) is 0 Å². The smallest absolute Gasteiger partial charge is 0.127 e. The lowest BCUT2D eigenvalue weighted by Crippen LogP contribution is -2.14. The fraction of sp³-hybridized carbons (Fsp3) is 0.312. The van der Waals surface area contributed by atoms with Crippen molar-refractivity contribution in [1.82, 2.24) is 5.32 Å². The lowest BCUT2D eigenvalue weighted by molar-refractivity contribution is 0.647. The zero-order chi connectivity index (χ0) is 14.7. The first-order valence-corrected chi connectivity index (χ1v) is 6.03. The topological polar surface area (TPSA) is 24.4 Å². The Morgan fingerprint density at radius 1 is 1.53 bits per heavy atom. The van der Waals surface area contributed by atoms with Gasteiger partial charge in [-0.05, 0) is 31.2 Å². The highest BCUT2D eigenvalue weighted by molar-refractivity contribution is 5.86. The van der Waals surface area contributed by atoms with Crippen LogP contribution in [0.5, 0.6) is 0 Å². The van der Waals surface area contributed by atoms with Crippen LogP contribution >= 0.6 is 0 Å². The molecule has 0 bridgehead atoms. The predicted octanol–water partition coefficient (Wildman–Crippen LogP) is 3.21. The number of nitrogens with one attached hydrogen (secondary N) is 1. The Hall–Kier alpha value is -1.92. The number of hydrogen-bond donors (Lipinski definition) is 1. The zero-order valence-corrected chi connectivity index (χ0v) is 11.8. The van der Waals surface area contributed by atoms with E-state index >= 15 is 0 Å². The number of rotatable bonds is 7. The van der Waals surface area contributed by atoms with Crippen LogP contribution in [-0.4, -0.2) is 26.9 Å². The summed E-state index contributed by atoms with van der Waals surface area (Å²) in [6.07, 6.45) is 12.2. The van der Waals surface area contributed by atoms with Gasteiger partial charge in [-0.1, -0.05) is 18.7 Å². The highest BCUT2D eigenvalue weighted by Crippen LogP contribution is 2.21. The highest BCUT2D eigenvalue weighted by atomic mass is 19.1. The average molecular weight is 260 g/mol. The first kappa shape index (κ1) is 17.1. The molecule has 2 nitrogen and oxygen atoms in total. The van der Waals surface area contributed by atoms with Crippen LogP contribution < -0.4 is 5.32 Å². The van der Waals surface area contributed by atoms with Crippen molar-refractivity contribution in [3.63, 3.8) is 0 Å². The summed E-state index contributed by atoms with van der Waals surface area (Å²) in [4.78, 5) is 3.95. The van der Waals surface area contributed by atoms with E-state index in [4.69, 9.17) is 6.42 Å². The van der Waals surface area contributed by atoms with Crippen molar-refractivity contribution in [3.05, 3.63) is 47.4 Å². The van der Waals surface area contributed by atoms with Crippen molar-refractivity contribution < 1.29 is 4.39 Å². The molecule has 0 aliphatic rings. The maximum absolute atomic E-state index is 14.0. The maximum Gasteiger partial charge on any atom is 0.127 e. The van der Waals surface area contributed by atoms with Crippen LogP contribution in [0.2, 0.25) is 0 Å². The maximum atomic E-state index is 14.0. The molecule has 0 spiro atoms. The van der Waals surface area contributed by atoms with Crippen molar-refractivity contribution in [2.75, 3.05) is 20.6 Å². The Morgan fingerprint density at radius 3 is 2.68 bits per heavy atom. The summed E-state index contributed by atoms with van der Waals surface area (Å²) >= 11 is 0. The Bertz CT molecular complexity index is 460. The van der Waals surface area contributed by atoms with Gasteiger partial charge in [-0.2, -0.15) is 0 Å². The van der Waals surface area contributed by atoms with Gasteiger partial charge in [-0.25, -0.2) is 4.39 Å². The molecule has 0 amide bonds. The molecule has 0 aromatic heterocycles. The Balaban J connectivity index is 5.51. The highest BCUT2D eigenvalue weighted by Gasteiger charge is 2.11. The number of nitrogens with zero attached hydrogens (tertiary/aromatic N) is 1. The SMILES string of the molecule is C#CC/C=C(\C=NC)C(=C)/C(CNC)=C(F)\C=C/C. The monoisotopic (exact) mass is 260 g/mol. The summed E-state index contributed by atoms with van der Waals surface area (Å²) in [5.74, 6) is 2.21. The summed E-state index contributed by atoms with van der Waals surface area (Å²) in [6, 6.07) is 0. The number of aliphatic imine (C=N–C) groups is 1. The molecule has 0 atom stereocenters. The average Bonchev–Trinajstić information content (AvgIpc) is 2.40. The largest absolute Gasteiger partial charge is 0.316 e. The van der Waals surface area contributed by atoms with Crippen LogP contribution in [0, 0.1) is 12.3 Å². The number of terminal acetylenes is 1. The van der Waals surface area contributed by atoms with E-state index in [1.165, 1.54) is 6.08 Å².